The lowest BCUT2D eigenvalue weighted by Crippen LogP contribution is -2.76. The number of unbranched alkanes of at least 4 members (excludes halogenated alkanes) is 2. The van der Waals surface area contributed by atoms with Gasteiger partial charge in [0.25, 0.3) is 11.7 Å². The zero-order chi connectivity index (χ0) is 39.1. The summed E-state index contributed by atoms with van der Waals surface area (Å²) in [5.74, 6) is -7.08. The number of aliphatic hydroxyl groups excluding tert-OH is 1. The van der Waals surface area contributed by atoms with E-state index in [-0.39, 0.29) is 31.2 Å². The van der Waals surface area contributed by atoms with Gasteiger partial charge in [0.2, 0.25) is 5.91 Å². The Labute approximate surface area is 307 Å². The zero-order valence-corrected chi connectivity index (χ0v) is 30.5. The number of esters is 4. The van der Waals surface area contributed by atoms with E-state index in [4.69, 9.17) is 34.2 Å². The Morgan fingerprint density at radius 1 is 0.906 bits per heavy atom. The van der Waals surface area contributed by atoms with E-state index in [1.807, 2.05) is 30.3 Å². The number of carbonyl (C=O) groups is 6. The number of carbonyl (C=O) groups excluding carboxylic acids is 6. The summed E-state index contributed by atoms with van der Waals surface area (Å²) >= 11 is 0. The molecule has 1 saturated heterocycles. The number of methoxy groups -OCH3 is 1. The van der Waals surface area contributed by atoms with Gasteiger partial charge >= 0.3 is 23.9 Å². The number of hydrogen-bond acceptors (Lipinski definition) is 14. The van der Waals surface area contributed by atoms with Crippen molar-refractivity contribution in [3.8, 4) is 11.1 Å². The second-order valence-corrected chi connectivity index (χ2v) is 12.3. The molecule has 290 valence electrons. The third-order valence-corrected chi connectivity index (χ3v) is 8.35. The van der Waals surface area contributed by atoms with E-state index in [1.54, 1.807) is 31.2 Å². The van der Waals surface area contributed by atoms with Gasteiger partial charge in [-0.25, -0.2) is 4.79 Å². The number of nitrogens with one attached hydrogen (secondary N) is 2. The molecular formula is C37H49N3O13. The number of nitrogens with two attached hydrogens (primary N) is 1. The Hall–Kier alpha value is -4.90. The highest BCUT2D eigenvalue weighted by atomic mass is 16.8. The lowest BCUT2D eigenvalue weighted by Gasteiger charge is -2.50. The van der Waals surface area contributed by atoms with Gasteiger partial charge in [-0.15, -0.1) is 0 Å². The summed E-state index contributed by atoms with van der Waals surface area (Å²) < 4.78 is 33.1. The van der Waals surface area contributed by atoms with Crippen molar-refractivity contribution in [1.29, 1.82) is 0 Å². The minimum absolute atomic E-state index is 0.164. The van der Waals surface area contributed by atoms with Crippen LogP contribution in [0.25, 0.3) is 11.1 Å². The largest absolute Gasteiger partial charge is 0.466 e. The molecule has 0 aliphatic carbocycles. The van der Waals surface area contributed by atoms with Gasteiger partial charge in [0.05, 0.1) is 39.0 Å². The topological polar surface area (TPSA) is 228 Å². The van der Waals surface area contributed by atoms with Gasteiger partial charge in [-0.05, 0) is 43.0 Å². The van der Waals surface area contributed by atoms with Gasteiger partial charge in [0, 0.05) is 32.8 Å². The first-order chi connectivity index (χ1) is 25.2. The van der Waals surface area contributed by atoms with Crippen LogP contribution in [0, 0.1) is 0 Å². The summed E-state index contributed by atoms with van der Waals surface area (Å²) in [4.78, 5) is 75.7. The van der Waals surface area contributed by atoms with Crippen molar-refractivity contribution in [1.82, 2.24) is 10.6 Å². The van der Waals surface area contributed by atoms with Crippen LogP contribution in [-0.2, 0) is 52.4 Å². The molecule has 5 N–H and O–H groups in total. The summed E-state index contributed by atoms with van der Waals surface area (Å²) in [6.07, 6.45) is -5.32. The molecule has 16 heteroatoms. The maximum absolute atomic E-state index is 13.4. The number of ether oxygens (including phenoxy) is 6. The molecule has 2 amide bonds. The first-order valence-electron chi connectivity index (χ1n) is 17.3. The van der Waals surface area contributed by atoms with Gasteiger partial charge in [0.1, 0.15) is 12.2 Å². The Morgan fingerprint density at radius 3 is 2.13 bits per heavy atom. The molecule has 2 aromatic rings. The Morgan fingerprint density at radius 2 is 1.55 bits per heavy atom. The molecule has 1 fully saturated rings. The van der Waals surface area contributed by atoms with Gasteiger partial charge in [0.15, 0.2) is 12.2 Å². The predicted octanol–water partition coefficient (Wildman–Crippen LogP) is 1.55. The van der Waals surface area contributed by atoms with Crippen molar-refractivity contribution in [2.45, 2.75) is 95.7 Å². The van der Waals surface area contributed by atoms with Crippen molar-refractivity contribution in [3.05, 3.63) is 60.2 Å². The summed E-state index contributed by atoms with van der Waals surface area (Å²) in [5, 5.41) is 16.7. The number of benzene rings is 2. The number of amides is 2. The van der Waals surface area contributed by atoms with Gasteiger partial charge in [-0.3, -0.25) is 24.0 Å². The predicted molar refractivity (Wildman–Crippen MR) is 188 cm³/mol. The molecular weight excluding hydrogens is 694 g/mol. The lowest BCUT2D eigenvalue weighted by molar-refractivity contribution is -0.333. The fourth-order valence-electron chi connectivity index (χ4n) is 5.92. The average molecular weight is 744 g/mol. The first kappa shape index (κ1) is 42.5. The third-order valence-electron chi connectivity index (χ3n) is 8.35. The highest BCUT2D eigenvalue weighted by molar-refractivity contribution is 5.94. The van der Waals surface area contributed by atoms with Crippen LogP contribution in [0.15, 0.2) is 54.6 Å². The smallest absolute Gasteiger partial charge is 0.369 e. The molecule has 0 bridgehead atoms. The Kier molecular flexibility index (Phi) is 16.3. The number of hydrogen-bond donors (Lipinski definition) is 4. The maximum atomic E-state index is 13.4. The average Bonchev–Trinajstić information content (AvgIpc) is 3.13. The quantitative estimate of drug-likeness (QED) is 0.0966. The van der Waals surface area contributed by atoms with Crippen LogP contribution in [0.1, 0.15) is 63.7 Å². The Balaban J connectivity index is 1.93. The van der Waals surface area contributed by atoms with Crippen molar-refractivity contribution in [3.63, 3.8) is 0 Å². The molecule has 3 rings (SSSR count). The summed E-state index contributed by atoms with van der Waals surface area (Å²) in [6.45, 7) is 4.65. The van der Waals surface area contributed by atoms with E-state index in [1.165, 1.54) is 6.92 Å². The molecule has 1 aliphatic heterocycles. The number of rotatable bonds is 18. The van der Waals surface area contributed by atoms with Crippen molar-refractivity contribution in [2.75, 3.05) is 26.9 Å². The third kappa shape index (κ3) is 11.8. The molecule has 7 atom stereocenters. The standard InChI is InChI=1S/C37H49N3O13/c1-6-49-29(44)15-11-8-12-20-50-37(36(47)48-5)34(45)30(38)31(40-22(2)41)33(53-37)32(52-24(4)43)28(51-23(3)42)21-39-35(46)27-18-16-26(17-19-27)25-13-9-7-10-14-25/h7,9-10,13-14,16-19,28,30-34,45H,6,8,11-12,15,20-21,38H2,1-5H3,(H,39,46)(H,40,41)/t28-,30?,31-,32-,33?,34+,37-/m1/s1. The molecule has 53 heavy (non-hydrogen) atoms. The lowest BCUT2D eigenvalue weighted by atomic mass is 9.84. The van der Waals surface area contributed by atoms with Gasteiger partial charge in [-0.1, -0.05) is 48.9 Å². The molecule has 2 aromatic carbocycles. The van der Waals surface area contributed by atoms with Crippen LogP contribution in [0.3, 0.4) is 0 Å². The molecule has 0 aromatic heterocycles. The van der Waals surface area contributed by atoms with Crippen LogP contribution in [0.2, 0.25) is 0 Å². The second kappa shape index (κ2) is 20.4. The minimum Gasteiger partial charge on any atom is -0.466 e. The fraction of sp³-hybridized carbons (Fsp3) is 0.514. The van der Waals surface area contributed by atoms with E-state index in [0.29, 0.717) is 19.3 Å². The highest BCUT2D eigenvalue weighted by Gasteiger charge is 2.62. The van der Waals surface area contributed by atoms with E-state index >= 15 is 0 Å². The first-order valence-corrected chi connectivity index (χ1v) is 17.3. The fourth-order valence-corrected chi connectivity index (χ4v) is 5.92. The van der Waals surface area contributed by atoms with Crippen molar-refractivity contribution < 1.29 is 62.3 Å². The highest BCUT2D eigenvalue weighted by Crippen LogP contribution is 2.35. The summed E-state index contributed by atoms with van der Waals surface area (Å²) in [6, 6.07) is 13.4. The van der Waals surface area contributed by atoms with Crippen LogP contribution in [0.4, 0.5) is 0 Å². The van der Waals surface area contributed by atoms with Crippen molar-refractivity contribution >= 4 is 35.7 Å². The minimum atomic E-state index is -2.61. The molecule has 0 spiro atoms. The SMILES string of the molecule is CCOC(=O)CCCCCO[C@@]1(C(=O)OC)OC([C@H](OC(C)=O)[C@@H](CNC(=O)c2ccc(-c3ccccc3)cc2)OC(C)=O)[C@H](NC(C)=O)C(N)[C@@H]1O. The molecule has 2 unspecified atom stereocenters. The molecule has 1 heterocycles. The van der Waals surface area contributed by atoms with Crippen LogP contribution < -0.4 is 16.4 Å². The van der Waals surface area contributed by atoms with Crippen molar-refractivity contribution in [2.24, 2.45) is 5.73 Å². The van der Waals surface area contributed by atoms with Crippen LogP contribution in [-0.4, -0.2) is 110 Å². The summed E-state index contributed by atoms with van der Waals surface area (Å²) in [7, 11) is 1.02. The van der Waals surface area contributed by atoms with Gasteiger partial charge in [-0.2, -0.15) is 0 Å². The molecule has 0 radical (unpaired) electrons. The normalized spacial score (nSPS) is 22.0. The molecule has 1 aliphatic rings. The Bertz CT molecular complexity index is 1550. The second-order valence-electron chi connectivity index (χ2n) is 12.3. The molecule has 0 saturated carbocycles. The van der Waals surface area contributed by atoms with E-state index in [0.717, 1.165) is 32.1 Å². The van der Waals surface area contributed by atoms with E-state index in [9.17, 15) is 33.9 Å². The number of aliphatic hydroxyl groups is 1. The summed E-state index contributed by atoms with van der Waals surface area (Å²) in [5.41, 5.74) is 8.56. The van der Waals surface area contributed by atoms with Crippen LogP contribution in [0.5, 0.6) is 0 Å². The van der Waals surface area contributed by atoms with E-state index in [2.05, 4.69) is 10.6 Å². The van der Waals surface area contributed by atoms with Gasteiger partial charge < -0.3 is 49.9 Å². The van der Waals surface area contributed by atoms with E-state index < -0.39 is 78.6 Å². The monoisotopic (exact) mass is 743 g/mol. The van der Waals surface area contributed by atoms with Crippen LogP contribution >= 0.6 is 0 Å². The zero-order valence-electron chi connectivity index (χ0n) is 30.5. The molecule has 16 nitrogen and oxygen atoms in total. The maximum Gasteiger partial charge on any atom is 0.369 e.